The Morgan fingerprint density at radius 1 is 1.35 bits per heavy atom. The summed E-state index contributed by atoms with van der Waals surface area (Å²) in [5.74, 6) is -0.570. The topological polar surface area (TPSA) is 65.2 Å². The third kappa shape index (κ3) is 2.55. The first-order valence-corrected chi connectivity index (χ1v) is 6.07. The zero-order valence-electron chi connectivity index (χ0n) is 8.61. The third-order valence-electron chi connectivity index (χ3n) is 1.95. The highest BCUT2D eigenvalue weighted by molar-refractivity contribution is 9.11. The zero-order valence-corrected chi connectivity index (χ0v) is 11.8. The molecule has 0 aliphatic carbocycles. The lowest BCUT2D eigenvalue weighted by Gasteiger charge is -1.99. The number of carbonyl (C=O) groups is 1. The summed E-state index contributed by atoms with van der Waals surface area (Å²) < 4.78 is 11.4. The van der Waals surface area contributed by atoms with E-state index in [0.29, 0.717) is 5.56 Å². The number of hydrogen-bond acceptors (Lipinski definition) is 5. The molecule has 2 rings (SSSR count). The molecule has 1 aromatic heterocycles. The van der Waals surface area contributed by atoms with Crippen LogP contribution in [0.4, 0.5) is 0 Å². The average molecular weight is 362 g/mol. The van der Waals surface area contributed by atoms with Crippen LogP contribution < -0.4 is 0 Å². The largest absolute Gasteiger partial charge is 0.462 e. The fourth-order valence-corrected chi connectivity index (χ4v) is 2.38. The van der Waals surface area contributed by atoms with Crippen LogP contribution in [0.1, 0.15) is 10.7 Å². The van der Waals surface area contributed by atoms with Crippen molar-refractivity contribution in [1.82, 2.24) is 10.2 Å². The quantitative estimate of drug-likeness (QED) is 0.769. The summed E-state index contributed by atoms with van der Waals surface area (Å²) in [6.45, 7) is 0. The van der Waals surface area contributed by atoms with Crippen molar-refractivity contribution in [3.05, 3.63) is 33.0 Å². The Morgan fingerprint density at radius 2 is 2.12 bits per heavy atom. The standard InChI is InChI=1S/C10H6Br2N2O3/c1-16-10(15)9-14-13-8(17-9)6-3-2-5(11)4-7(6)12/h2-4H,1H3. The minimum atomic E-state index is -0.656. The minimum Gasteiger partial charge on any atom is -0.462 e. The van der Waals surface area contributed by atoms with Gasteiger partial charge in [-0.2, -0.15) is 0 Å². The lowest BCUT2D eigenvalue weighted by molar-refractivity contribution is 0.0556. The van der Waals surface area contributed by atoms with E-state index in [-0.39, 0.29) is 11.8 Å². The molecule has 88 valence electrons. The van der Waals surface area contributed by atoms with Gasteiger partial charge >= 0.3 is 11.9 Å². The number of carbonyl (C=O) groups excluding carboxylic acids is 1. The van der Waals surface area contributed by atoms with Gasteiger partial charge in [0.1, 0.15) is 0 Å². The van der Waals surface area contributed by atoms with E-state index in [1.165, 1.54) is 7.11 Å². The van der Waals surface area contributed by atoms with E-state index in [2.05, 4.69) is 46.8 Å². The Hall–Kier alpha value is -1.21. The van der Waals surface area contributed by atoms with Crippen LogP contribution in [-0.2, 0) is 4.74 Å². The van der Waals surface area contributed by atoms with Gasteiger partial charge in [0.15, 0.2) is 0 Å². The molecule has 0 aliphatic heterocycles. The Bertz CT molecular complexity index is 568. The minimum absolute atomic E-state index is 0.169. The first-order chi connectivity index (χ1) is 8.11. The van der Waals surface area contributed by atoms with E-state index in [1.807, 2.05) is 12.1 Å². The fraction of sp³-hybridized carbons (Fsp3) is 0.100. The van der Waals surface area contributed by atoms with E-state index in [4.69, 9.17) is 4.42 Å². The molecular formula is C10H6Br2N2O3. The maximum Gasteiger partial charge on any atom is 0.396 e. The second-order valence-electron chi connectivity index (χ2n) is 3.03. The monoisotopic (exact) mass is 360 g/mol. The summed E-state index contributed by atoms with van der Waals surface area (Å²) in [5, 5.41) is 7.39. The number of benzene rings is 1. The van der Waals surface area contributed by atoms with Gasteiger partial charge in [0.05, 0.1) is 12.7 Å². The van der Waals surface area contributed by atoms with Crippen LogP contribution in [0.25, 0.3) is 11.5 Å². The molecule has 17 heavy (non-hydrogen) atoms. The Morgan fingerprint density at radius 3 is 2.76 bits per heavy atom. The van der Waals surface area contributed by atoms with Crippen LogP contribution in [0.2, 0.25) is 0 Å². The second kappa shape index (κ2) is 4.97. The van der Waals surface area contributed by atoms with E-state index in [0.717, 1.165) is 8.95 Å². The first-order valence-electron chi connectivity index (χ1n) is 4.49. The van der Waals surface area contributed by atoms with Crippen molar-refractivity contribution in [3.8, 4) is 11.5 Å². The van der Waals surface area contributed by atoms with Crippen molar-refractivity contribution < 1.29 is 13.9 Å². The molecule has 1 heterocycles. The highest BCUT2D eigenvalue weighted by atomic mass is 79.9. The lowest BCUT2D eigenvalue weighted by Crippen LogP contribution is -2.00. The second-order valence-corrected chi connectivity index (χ2v) is 4.80. The van der Waals surface area contributed by atoms with Crippen molar-refractivity contribution in [2.24, 2.45) is 0 Å². The normalized spacial score (nSPS) is 10.3. The highest BCUT2D eigenvalue weighted by Crippen LogP contribution is 2.29. The molecule has 0 spiro atoms. The molecular weight excluding hydrogens is 356 g/mol. The summed E-state index contributed by atoms with van der Waals surface area (Å²) >= 11 is 6.71. The van der Waals surface area contributed by atoms with Crippen molar-refractivity contribution >= 4 is 37.8 Å². The van der Waals surface area contributed by atoms with Crippen molar-refractivity contribution in [1.29, 1.82) is 0 Å². The number of hydrogen-bond donors (Lipinski definition) is 0. The number of nitrogens with zero attached hydrogens (tertiary/aromatic N) is 2. The molecule has 0 N–H and O–H groups in total. The van der Waals surface area contributed by atoms with Crippen molar-refractivity contribution in [2.45, 2.75) is 0 Å². The van der Waals surface area contributed by atoms with Gasteiger partial charge in [0, 0.05) is 8.95 Å². The van der Waals surface area contributed by atoms with Gasteiger partial charge in [-0.25, -0.2) is 4.79 Å². The molecule has 0 atom stereocenters. The molecule has 1 aromatic carbocycles. The summed E-state index contributed by atoms with van der Waals surface area (Å²) in [5.41, 5.74) is 0.704. The summed E-state index contributed by atoms with van der Waals surface area (Å²) in [6.07, 6.45) is 0. The van der Waals surface area contributed by atoms with Crippen LogP contribution in [0.3, 0.4) is 0 Å². The molecule has 0 fully saturated rings. The predicted molar refractivity (Wildman–Crippen MR) is 66.5 cm³/mol. The van der Waals surface area contributed by atoms with E-state index >= 15 is 0 Å². The van der Waals surface area contributed by atoms with E-state index < -0.39 is 5.97 Å². The fourth-order valence-electron chi connectivity index (χ4n) is 1.16. The SMILES string of the molecule is COC(=O)c1nnc(-c2ccc(Br)cc2Br)o1. The van der Waals surface area contributed by atoms with Gasteiger partial charge in [0.2, 0.25) is 5.89 Å². The van der Waals surface area contributed by atoms with Gasteiger partial charge in [-0.15, -0.1) is 10.2 Å². The molecule has 0 saturated heterocycles. The average Bonchev–Trinajstić information content (AvgIpc) is 2.77. The van der Waals surface area contributed by atoms with Crippen LogP contribution in [-0.4, -0.2) is 23.3 Å². The number of rotatable bonds is 2. The van der Waals surface area contributed by atoms with Crippen LogP contribution in [0.5, 0.6) is 0 Å². The summed E-state index contributed by atoms with van der Waals surface area (Å²) in [6, 6.07) is 5.47. The van der Waals surface area contributed by atoms with E-state index in [9.17, 15) is 4.79 Å². The van der Waals surface area contributed by atoms with Gasteiger partial charge in [-0.1, -0.05) is 15.9 Å². The van der Waals surface area contributed by atoms with Gasteiger partial charge < -0.3 is 9.15 Å². The molecule has 0 radical (unpaired) electrons. The summed E-state index contributed by atoms with van der Waals surface area (Å²) in [4.78, 5) is 11.2. The van der Waals surface area contributed by atoms with Gasteiger partial charge in [0.25, 0.3) is 0 Å². The number of halogens is 2. The van der Waals surface area contributed by atoms with Crippen molar-refractivity contribution in [2.75, 3.05) is 7.11 Å². The number of methoxy groups -OCH3 is 1. The molecule has 0 saturated carbocycles. The highest BCUT2D eigenvalue weighted by Gasteiger charge is 2.17. The third-order valence-corrected chi connectivity index (χ3v) is 3.10. The molecule has 0 bridgehead atoms. The van der Waals surface area contributed by atoms with Crippen LogP contribution >= 0.6 is 31.9 Å². The van der Waals surface area contributed by atoms with Gasteiger partial charge in [-0.05, 0) is 34.1 Å². The molecule has 0 amide bonds. The molecule has 2 aromatic rings. The predicted octanol–water partition coefficient (Wildman–Crippen LogP) is 3.05. The summed E-state index contributed by atoms with van der Waals surface area (Å²) in [7, 11) is 1.25. The number of aromatic nitrogens is 2. The Labute approximate surface area is 113 Å². The van der Waals surface area contributed by atoms with Gasteiger partial charge in [-0.3, -0.25) is 0 Å². The molecule has 5 nitrogen and oxygen atoms in total. The maximum atomic E-state index is 11.2. The first kappa shape index (κ1) is 12.3. The van der Waals surface area contributed by atoms with Crippen LogP contribution in [0, 0.1) is 0 Å². The maximum absolute atomic E-state index is 11.2. The number of ether oxygens (including phenoxy) is 1. The zero-order chi connectivity index (χ0) is 12.4. The van der Waals surface area contributed by atoms with Crippen molar-refractivity contribution in [3.63, 3.8) is 0 Å². The van der Waals surface area contributed by atoms with E-state index in [1.54, 1.807) is 6.07 Å². The Balaban J connectivity index is 2.40. The lowest BCUT2D eigenvalue weighted by atomic mass is 10.2. The molecule has 7 heteroatoms. The molecule has 0 unspecified atom stereocenters. The Kier molecular flexibility index (Phi) is 3.58. The molecule has 0 aliphatic rings. The number of esters is 1. The van der Waals surface area contributed by atoms with Crippen LogP contribution in [0.15, 0.2) is 31.6 Å². The smallest absolute Gasteiger partial charge is 0.396 e.